The van der Waals surface area contributed by atoms with E-state index in [2.05, 4.69) is 14.6 Å². The number of hydrogen-bond acceptors (Lipinski definition) is 5. The molecule has 2 rings (SSSR count). The molecule has 1 atom stereocenters. The van der Waals surface area contributed by atoms with Crippen LogP contribution in [0.4, 0.5) is 0 Å². The normalized spacial score (nSPS) is 21.9. The first-order valence-corrected chi connectivity index (χ1v) is 7.26. The van der Waals surface area contributed by atoms with Crippen molar-refractivity contribution in [2.45, 2.75) is 11.0 Å². The molecule has 0 aromatic carbocycles. The third-order valence-electron chi connectivity index (χ3n) is 2.79. The average molecular weight is 271 g/mol. The summed E-state index contributed by atoms with van der Waals surface area (Å²) in [6, 6.07) is 3.11. The van der Waals surface area contributed by atoms with Crippen LogP contribution in [0.15, 0.2) is 29.4 Å². The van der Waals surface area contributed by atoms with Crippen molar-refractivity contribution in [1.29, 1.82) is 0 Å². The number of morpholine rings is 1. The van der Waals surface area contributed by atoms with E-state index in [9.17, 15) is 8.42 Å². The van der Waals surface area contributed by atoms with Gasteiger partial charge in [0.15, 0.2) is 0 Å². The Bertz CT molecular complexity index is 478. The van der Waals surface area contributed by atoms with Gasteiger partial charge in [0, 0.05) is 32.0 Å². The van der Waals surface area contributed by atoms with Crippen LogP contribution in [0.5, 0.6) is 0 Å². The summed E-state index contributed by atoms with van der Waals surface area (Å²) in [5, 5.41) is 0. The zero-order valence-electron chi connectivity index (χ0n) is 10.2. The number of rotatable bonds is 4. The van der Waals surface area contributed by atoms with Crippen LogP contribution >= 0.6 is 0 Å². The monoisotopic (exact) mass is 271 g/mol. The molecule has 1 aliphatic rings. The summed E-state index contributed by atoms with van der Waals surface area (Å²) in [6.45, 7) is 2.53. The van der Waals surface area contributed by atoms with E-state index in [1.165, 1.54) is 18.5 Å². The maximum atomic E-state index is 11.9. The third kappa shape index (κ3) is 3.49. The molecule has 1 aromatic rings. The quantitative estimate of drug-likeness (QED) is 0.813. The number of likely N-dealkylation sites (N-methyl/N-ethyl adjacent to an activating group) is 1. The van der Waals surface area contributed by atoms with E-state index < -0.39 is 10.0 Å². The first-order chi connectivity index (χ1) is 8.58. The number of nitrogens with one attached hydrogen (secondary N) is 1. The van der Waals surface area contributed by atoms with Gasteiger partial charge in [0.05, 0.1) is 12.7 Å². The lowest BCUT2D eigenvalue weighted by atomic mass is 10.3. The van der Waals surface area contributed by atoms with Gasteiger partial charge < -0.3 is 9.64 Å². The molecule has 1 saturated heterocycles. The molecule has 0 unspecified atom stereocenters. The molecule has 2 heterocycles. The smallest absolute Gasteiger partial charge is 0.242 e. The third-order valence-corrected chi connectivity index (χ3v) is 4.20. The van der Waals surface area contributed by atoms with Crippen molar-refractivity contribution >= 4 is 10.0 Å². The molecule has 100 valence electrons. The largest absolute Gasteiger partial charge is 0.374 e. The van der Waals surface area contributed by atoms with Crippen LogP contribution in [0.3, 0.4) is 0 Å². The Balaban J connectivity index is 1.93. The van der Waals surface area contributed by atoms with Crippen molar-refractivity contribution < 1.29 is 13.2 Å². The molecule has 6 nitrogen and oxygen atoms in total. The molecule has 7 heteroatoms. The van der Waals surface area contributed by atoms with Crippen molar-refractivity contribution in [3.63, 3.8) is 0 Å². The highest BCUT2D eigenvalue weighted by atomic mass is 32.2. The van der Waals surface area contributed by atoms with Crippen molar-refractivity contribution in [3.05, 3.63) is 24.5 Å². The Morgan fingerprint density at radius 3 is 3.11 bits per heavy atom. The molecule has 0 bridgehead atoms. The predicted octanol–water partition coefficient (Wildman–Crippen LogP) is -0.309. The summed E-state index contributed by atoms with van der Waals surface area (Å²) in [5.41, 5.74) is 0. The van der Waals surface area contributed by atoms with Gasteiger partial charge in [-0.1, -0.05) is 0 Å². The van der Waals surface area contributed by atoms with Gasteiger partial charge in [-0.15, -0.1) is 0 Å². The van der Waals surface area contributed by atoms with E-state index >= 15 is 0 Å². The molecular formula is C11H17N3O3S. The van der Waals surface area contributed by atoms with Gasteiger partial charge >= 0.3 is 0 Å². The highest BCUT2D eigenvalue weighted by Crippen LogP contribution is 2.07. The summed E-state index contributed by atoms with van der Waals surface area (Å²) in [4.78, 5) is 6.09. The molecule has 1 aliphatic heterocycles. The highest BCUT2D eigenvalue weighted by molar-refractivity contribution is 7.89. The lowest BCUT2D eigenvalue weighted by Crippen LogP contribution is -2.45. The maximum Gasteiger partial charge on any atom is 0.242 e. The van der Waals surface area contributed by atoms with Crippen LogP contribution in [-0.2, 0) is 14.8 Å². The van der Waals surface area contributed by atoms with Gasteiger partial charge in [0.2, 0.25) is 10.0 Å². The SMILES string of the molecule is CN1CCO[C@H](CNS(=O)(=O)c2cccnc2)C1. The second-order valence-corrected chi connectivity index (χ2v) is 6.06. The molecule has 0 aliphatic carbocycles. The van der Waals surface area contributed by atoms with Crippen molar-refractivity contribution in [2.75, 3.05) is 33.3 Å². The summed E-state index contributed by atoms with van der Waals surface area (Å²) in [7, 11) is -1.50. The number of pyridine rings is 1. The second-order valence-electron chi connectivity index (χ2n) is 4.30. The van der Waals surface area contributed by atoms with Gasteiger partial charge in [-0.25, -0.2) is 13.1 Å². The average Bonchev–Trinajstić information content (AvgIpc) is 2.38. The molecule has 0 amide bonds. The second kappa shape index (κ2) is 5.75. The fourth-order valence-corrected chi connectivity index (χ4v) is 2.81. The predicted molar refractivity (Wildman–Crippen MR) is 66.7 cm³/mol. The molecular weight excluding hydrogens is 254 g/mol. The topological polar surface area (TPSA) is 71.5 Å². The van der Waals surface area contributed by atoms with E-state index in [0.29, 0.717) is 6.61 Å². The number of ether oxygens (including phenoxy) is 1. The van der Waals surface area contributed by atoms with E-state index in [4.69, 9.17) is 4.74 Å². The van der Waals surface area contributed by atoms with Crippen LogP contribution in [0.25, 0.3) is 0 Å². The van der Waals surface area contributed by atoms with Gasteiger partial charge in [0.1, 0.15) is 4.90 Å². The Kier molecular flexibility index (Phi) is 4.28. The van der Waals surface area contributed by atoms with Gasteiger partial charge in [-0.3, -0.25) is 4.98 Å². The zero-order chi connectivity index (χ0) is 13.0. The summed E-state index contributed by atoms with van der Waals surface area (Å²) >= 11 is 0. The maximum absolute atomic E-state index is 11.9. The van der Waals surface area contributed by atoms with Crippen LogP contribution in [-0.4, -0.2) is 57.7 Å². The van der Waals surface area contributed by atoms with Crippen molar-refractivity contribution in [3.8, 4) is 0 Å². The standard InChI is InChI=1S/C11H17N3O3S/c1-14-5-6-17-10(9-14)7-13-18(15,16)11-3-2-4-12-8-11/h2-4,8,10,13H,5-7,9H2,1H3/t10-/m1/s1. The minimum absolute atomic E-state index is 0.102. The number of aromatic nitrogens is 1. The Morgan fingerprint density at radius 1 is 1.61 bits per heavy atom. The van der Waals surface area contributed by atoms with Crippen LogP contribution < -0.4 is 4.72 Å². The molecule has 0 radical (unpaired) electrons. The van der Waals surface area contributed by atoms with Crippen LogP contribution in [0, 0.1) is 0 Å². The molecule has 0 spiro atoms. The van der Waals surface area contributed by atoms with Gasteiger partial charge in [-0.05, 0) is 19.2 Å². The lowest BCUT2D eigenvalue weighted by Gasteiger charge is -2.30. The summed E-state index contributed by atoms with van der Waals surface area (Å²) < 4.78 is 31.9. The van der Waals surface area contributed by atoms with Crippen LogP contribution in [0.1, 0.15) is 0 Å². The number of nitrogens with zero attached hydrogens (tertiary/aromatic N) is 2. The first kappa shape index (κ1) is 13.4. The van der Waals surface area contributed by atoms with E-state index in [1.54, 1.807) is 6.07 Å². The number of hydrogen-bond donors (Lipinski definition) is 1. The Hall–Kier alpha value is -1.02. The lowest BCUT2D eigenvalue weighted by molar-refractivity contribution is -0.0156. The summed E-state index contributed by atoms with van der Waals surface area (Å²) in [6.07, 6.45) is 2.77. The van der Waals surface area contributed by atoms with E-state index in [-0.39, 0.29) is 17.5 Å². The van der Waals surface area contributed by atoms with Gasteiger partial charge in [0.25, 0.3) is 0 Å². The van der Waals surface area contributed by atoms with Gasteiger partial charge in [-0.2, -0.15) is 0 Å². The molecule has 1 fully saturated rings. The van der Waals surface area contributed by atoms with E-state index in [1.807, 2.05) is 7.05 Å². The van der Waals surface area contributed by atoms with Crippen molar-refractivity contribution in [2.24, 2.45) is 0 Å². The molecule has 18 heavy (non-hydrogen) atoms. The summed E-state index contributed by atoms with van der Waals surface area (Å²) in [5.74, 6) is 0. The zero-order valence-corrected chi connectivity index (χ0v) is 11.1. The minimum atomic E-state index is -3.49. The highest BCUT2D eigenvalue weighted by Gasteiger charge is 2.21. The molecule has 0 saturated carbocycles. The number of sulfonamides is 1. The van der Waals surface area contributed by atoms with Crippen molar-refractivity contribution in [1.82, 2.24) is 14.6 Å². The van der Waals surface area contributed by atoms with Crippen LogP contribution in [0.2, 0.25) is 0 Å². The fourth-order valence-electron chi connectivity index (χ4n) is 1.78. The minimum Gasteiger partial charge on any atom is -0.374 e. The Morgan fingerprint density at radius 2 is 2.44 bits per heavy atom. The molecule has 1 aromatic heterocycles. The first-order valence-electron chi connectivity index (χ1n) is 5.78. The van der Waals surface area contributed by atoms with E-state index in [0.717, 1.165) is 13.1 Å². The molecule has 1 N–H and O–H groups in total. The fraction of sp³-hybridized carbons (Fsp3) is 0.545. The Labute approximate surface area is 107 Å².